The number of nitrogens with zero attached hydrogens (tertiary/aromatic N) is 1. The molecule has 0 aromatic heterocycles. The molecule has 1 aliphatic heterocycles. The number of rotatable bonds is 5. The first-order chi connectivity index (χ1) is 9.43. The summed E-state index contributed by atoms with van der Waals surface area (Å²) >= 11 is 0. The Balaban J connectivity index is 1.90. The van der Waals surface area contributed by atoms with E-state index in [1.807, 2.05) is 0 Å². The molecular weight excluding hydrogens is 248 g/mol. The maximum atomic E-state index is 6.73. The molecule has 0 radical (unpaired) electrons. The second-order valence-electron chi connectivity index (χ2n) is 7.51. The van der Waals surface area contributed by atoms with Crippen molar-refractivity contribution in [3.05, 3.63) is 0 Å². The van der Waals surface area contributed by atoms with Gasteiger partial charge in [0.2, 0.25) is 0 Å². The van der Waals surface area contributed by atoms with Gasteiger partial charge in [0, 0.05) is 24.1 Å². The van der Waals surface area contributed by atoms with Crippen molar-refractivity contribution < 1.29 is 4.74 Å². The Morgan fingerprint density at radius 1 is 1.20 bits per heavy atom. The van der Waals surface area contributed by atoms with Crippen LogP contribution in [-0.2, 0) is 4.74 Å². The number of ether oxygens (including phenoxy) is 1. The topological polar surface area (TPSA) is 38.5 Å². The molecule has 0 aromatic carbocycles. The molecule has 2 N–H and O–H groups in total. The molecule has 20 heavy (non-hydrogen) atoms. The second-order valence-corrected chi connectivity index (χ2v) is 7.51. The van der Waals surface area contributed by atoms with Crippen molar-refractivity contribution in [3.8, 4) is 0 Å². The molecule has 2 aliphatic rings. The molecule has 118 valence electrons. The lowest BCUT2D eigenvalue weighted by Gasteiger charge is -2.60. The summed E-state index contributed by atoms with van der Waals surface area (Å²) in [6, 6.07) is 0. The molecule has 0 bridgehead atoms. The maximum Gasteiger partial charge on any atom is 0.0662 e. The highest BCUT2D eigenvalue weighted by Gasteiger charge is 2.58. The third kappa shape index (κ3) is 3.05. The molecule has 2 fully saturated rings. The van der Waals surface area contributed by atoms with Gasteiger partial charge in [0.15, 0.2) is 0 Å². The first-order valence-electron chi connectivity index (χ1n) is 8.55. The molecule has 1 aliphatic carbocycles. The van der Waals surface area contributed by atoms with Crippen molar-refractivity contribution >= 4 is 0 Å². The number of likely N-dealkylation sites (tertiary alicyclic amines) is 1. The van der Waals surface area contributed by atoms with Gasteiger partial charge in [0.25, 0.3) is 0 Å². The van der Waals surface area contributed by atoms with E-state index in [1.165, 1.54) is 38.8 Å². The van der Waals surface area contributed by atoms with Crippen LogP contribution in [0.25, 0.3) is 0 Å². The van der Waals surface area contributed by atoms with E-state index >= 15 is 0 Å². The van der Waals surface area contributed by atoms with Crippen LogP contribution in [0.15, 0.2) is 0 Å². The minimum atomic E-state index is -0.0705. The lowest BCUT2D eigenvalue weighted by atomic mass is 9.54. The smallest absolute Gasteiger partial charge is 0.0662 e. The predicted molar refractivity (Wildman–Crippen MR) is 84.8 cm³/mol. The molecule has 1 saturated heterocycles. The molecule has 0 spiro atoms. The first kappa shape index (κ1) is 16.3. The van der Waals surface area contributed by atoms with Crippen LogP contribution >= 0.6 is 0 Å². The van der Waals surface area contributed by atoms with Gasteiger partial charge in [-0.3, -0.25) is 0 Å². The lowest BCUT2D eigenvalue weighted by molar-refractivity contribution is -0.156. The lowest BCUT2D eigenvalue weighted by Crippen LogP contribution is -2.73. The molecular formula is C17H34N2O. The van der Waals surface area contributed by atoms with Crippen molar-refractivity contribution in [2.45, 2.75) is 71.4 Å². The Labute approximate surface area is 125 Å². The van der Waals surface area contributed by atoms with Crippen molar-refractivity contribution in [1.29, 1.82) is 0 Å². The van der Waals surface area contributed by atoms with Gasteiger partial charge in [0.05, 0.1) is 6.10 Å². The van der Waals surface area contributed by atoms with Gasteiger partial charge >= 0.3 is 0 Å². The molecule has 3 nitrogen and oxygen atoms in total. The Morgan fingerprint density at radius 3 is 2.55 bits per heavy atom. The fourth-order valence-corrected chi connectivity index (χ4v) is 3.97. The summed E-state index contributed by atoms with van der Waals surface area (Å²) in [6.07, 6.45) is 6.77. The summed E-state index contributed by atoms with van der Waals surface area (Å²) in [5.74, 6) is 0.930. The summed E-state index contributed by atoms with van der Waals surface area (Å²) in [5, 5.41) is 0. The van der Waals surface area contributed by atoms with E-state index < -0.39 is 0 Å². The van der Waals surface area contributed by atoms with Gasteiger partial charge in [-0.15, -0.1) is 0 Å². The highest BCUT2D eigenvalue weighted by molar-refractivity contribution is 5.14. The zero-order valence-corrected chi connectivity index (χ0v) is 14.0. The third-order valence-corrected chi connectivity index (χ3v) is 6.03. The van der Waals surface area contributed by atoms with Gasteiger partial charge in [-0.05, 0) is 51.6 Å². The zero-order valence-electron chi connectivity index (χ0n) is 14.0. The van der Waals surface area contributed by atoms with Crippen molar-refractivity contribution in [3.63, 3.8) is 0 Å². The molecule has 0 amide bonds. The van der Waals surface area contributed by atoms with E-state index in [1.54, 1.807) is 0 Å². The fourth-order valence-electron chi connectivity index (χ4n) is 3.97. The van der Waals surface area contributed by atoms with Crippen LogP contribution < -0.4 is 5.73 Å². The predicted octanol–water partition coefficient (Wildman–Crippen LogP) is 3.03. The van der Waals surface area contributed by atoms with Gasteiger partial charge in [0.1, 0.15) is 0 Å². The van der Waals surface area contributed by atoms with E-state index in [0.717, 1.165) is 25.5 Å². The van der Waals surface area contributed by atoms with Gasteiger partial charge < -0.3 is 15.4 Å². The van der Waals surface area contributed by atoms with Crippen LogP contribution in [0, 0.1) is 11.3 Å². The highest BCUT2D eigenvalue weighted by atomic mass is 16.5. The van der Waals surface area contributed by atoms with Gasteiger partial charge in [-0.2, -0.15) is 0 Å². The highest BCUT2D eigenvalue weighted by Crippen LogP contribution is 2.50. The molecule has 3 heteroatoms. The summed E-state index contributed by atoms with van der Waals surface area (Å²) < 4.78 is 5.84. The monoisotopic (exact) mass is 282 g/mol. The Kier molecular flexibility index (Phi) is 5.14. The summed E-state index contributed by atoms with van der Waals surface area (Å²) in [7, 11) is 0. The molecule has 1 heterocycles. The van der Waals surface area contributed by atoms with Crippen LogP contribution in [-0.4, -0.2) is 42.8 Å². The quantitative estimate of drug-likeness (QED) is 0.842. The van der Waals surface area contributed by atoms with E-state index in [-0.39, 0.29) is 11.0 Å². The van der Waals surface area contributed by atoms with E-state index in [0.29, 0.717) is 6.10 Å². The average Bonchev–Trinajstić information content (AvgIpc) is 2.63. The molecule has 0 aromatic rings. The summed E-state index contributed by atoms with van der Waals surface area (Å²) in [4.78, 5) is 2.61. The van der Waals surface area contributed by atoms with E-state index in [4.69, 9.17) is 10.5 Å². The Bertz CT molecular complexity index is 318. The summed E-state index contributed by atoms with van der Waals surface area (Å²) in [5.41, 5.74) is 6.75. The fraction of sp³-hybridized carbons (Fsp3) is 1.00. The Morgan fingerprint density at radius 2 is 1.95 bits per heavy atom. The van der Waals surface area contributed by atoms with Crippen molar-refractivity contribution in [2.75, 3.05) is 26.2 Å². The van der Waals surface area contributed by atoms with Crippen LogP contribution in [0.5, 0.6) is 0 Å². The van der Waals surface area contributed by atoms with Crippen LogP contribution in [0.1, 0.15) is 59.8 Å². The number of hydrogen-bond acceptors (Lipinski definition) is 3. The maximum absolute atomic E-state index is 6.73. The average molecular weight is 282 g/mol. The van der Waals surface area contributed by atoms with Gasteiger partial charge in [-0.1, -0.05) is 27.2 Å². The van der Waals surface area contributed by atoms with Gasteiger partial charge in [-0.25, -0.2) is 0 Å². The number of hydrogen-bond donors (Lipinski definition) is 1. The SMILES string of the molecule is CCOC1CC(N)(CN2CCCC(CC)CC2)C1(C)C. The standard InChI is InChI=1S/C17H34N2O/c1-5-14-8-7-10-19(11-9-14)13-17(18)12-15(20-6-2)16(17,3)4/h14-15H,5-13,18H2,1-4H3. The largest absolute Gasteiger partial charge is 0.378 e. The minimum absolute atomic E-state index is 0.0705. The van der Waals surface area contributed by atoms with E-state index in [9.17, 15) is 0 Å². The molecule has 3 unspecified atom stereocenters. The zero-order chi connectivity index (χ0) is 14.8. The molecule has 2 rings (SSSR count). The van der Waals surface area contributed by atoms with Crippen molar-refractivity contribution in [1.82, 2.24) is 4.90 Å². The molecule has 3 atom stereocenters. The summed E-state index contributed by atoms with van der Waals surface area (Å²) in [6.45, 7) is 13.3. The third-order valence-electron chi connectivity index (χ3n) is 6.03. The Hall–Kier alpha value is -0.120. The van der Waals surface area contributed by atoms with Crippen LogP contribution in [0.2, 0.25) is 0 Å². The van der Waals surface area contributed by atoms with Crippen LogP contribution in [0.4, 0.5) is 0 Å². The minimum Gasteiger partial charge on any atom is -0.378 e. The first-order valence-corrected chi connectivity index (χ1v) is 8.55. The van der Waals surface area contributed by atoms with Crippen molar-refractivity contribution in [2.24, 2.45) is 17.1 Å². The second kappa shape index (κ2) is 6.33. The number of nitrogens with two attached hydrogens (primary N) is 1. The molecule has 1 saturated carbocycles. The van der Waals surface area contributed by atoms with E-state index in [2.05, 4.69) is 32.6 Å². The van der Waals surface area contributed by atoms with Crippen LogP contribution in [0.3, 0.4) is 0 Å². The normalized spacial score (nSPS) is 38.2.